The third-order valence-corrected chi connectivity index (χ3v) is 1.18. The van der Waals surface area contributed by atoms with Gasteiger partial charge in [0.2, 0.25) is 0 Å². The van der Waals surface area contributed by atoms with E-state index in [-0.39, 0.29) is 12.0 Å². The van der Waals surface area contributed by atoms with Crippen LogP contribution in [0.4, 0.5) is 9.59 Å². The summed E-state index contributed by atoms with van der Waals surface area (Å²) in [7, 11) is 0. The molecule has 5 nitrogen and oxygen atoms in total. The summed E-state index contributed by atoms with van der Waals surface area (Å²) in [4.78, 5) is 22.1. The summed E-state index contributed by atoms with van der Waals surface area (Å²) in [6.07, 6.45) is -2.09. The van der Waals surface area contributed by atoms with Gasteiger partial charge < -0.3 is 14.2 Å². The molecule has 0 fully saturated rings. The van der Waals surface area contributed by atoms with Crippen molar-refractivity contribution < 1.29 is 23.8 Å². The van der Waals surface area contributed by atoms with Crippen molar-refractivity contribution in [3.8, 4) is 0 Å². The third kappa shape index (κ3) is 9.30. The van der Waals surface area contributed by atoms with Crippen molar-refractivity contribution in [2.24, 2.45) is 5.41 Å². The molecule has 0 saturated carbocycles. The maximum absolute atomic E-state index is 11.0. The molecule has 0 amide bonds. The van der Waals surface area contributed by atoms with Crippen LogP contribution in [0.3, 0.4) is 0 Å². The van der Waals surface area contributed by atoms with E-state index in [0.717, 1.165) is 0 Å². The number of rotatable bonds is 1. The first-order chi connectivity index (χ1) is 6.99. The lowest BCUT2D eigenvalue weighted by Gasteiger charge is -2.19. The van der Waals surface area contributed by atoms with Crippen LogP contribution in [0, 0.1) is 5.41 Å². The van der Waals surface area contributed by atoms with Crippen LogP contribution in [0.15, 0.2) is 0 Å². The van der Waals surface area contributed by atoms with Crippen molar-refractivity contribution in [2.45, 2.75) is 47.1 Å². The van der Waals surface area contributed by atoms with E-state index in [0.29, 0.717) is 0 Å². The minimum atomic E-state index is -1.05. The van der Waals surface area contributed by atoms with Gasteiger partial charge in [0.05, 0.1) is 6.61 Å². The number of ether oxygens (including phenoxy) is 3. The molecule has 0 heterocycles. The quantitative estimate of drug-likeness (QED) is 0.513. The predicted molar refractivity (Wildman–Crippen MR) is 58.1 cm³/mol. The Kier molecular flexibility index (Phi) is 4.78. The summed E-state index contributed by atoms with van der Waals surface area (Å²) in [5.74, 6) is 0. The minimum Gasteiger partial charge on any atom is -0.433 e. The fraction of sp³-hybridized carbons (Fsp3) is 0.818. The Morgan fingerprint density at radius 1 is 0.938 bits per heavy atom. The lowest BCUT2D eigenvalue weighted by molar-refractivity contribution is -0.0130. The highest BCUT2D eigenvalue weighted by Crippen LogP contribution is 2.14. The number of carbonyl (C=O) groups is 2. The Hall–Kier alpha value is -1.26. The van der Waals surface area contributed by atoms with E-state index in [2.05, 4.69) is 4.74 Å². The van der Waals surface area contributed by atoms with Gasteiger partial charge in [0.1, 0.15) is 5.60 Å². The second kappa shape index (κ2) is 5.18. The van der Waals surface area contributed by atoms with Gasteiger partial charge in [-0.2, -0.15) is 0 Å². The Labute approximate surface area is 96.1 Å². The first-order valence-corrected chi connectivity index (χ1v) is 5.07. The zero-order valence-electron chi connectivity index (χ0n) is 10.7. The van der Waals surface area contributed by atoms with Crippen LogP contribution >= 0.6 is 0 Å². The molecule has 16 heavy (non-hydrogen) atoms. The number of hydrogen-bond donors (Lipinski definition) is 0. The fourth-order valence-electron chi connectivity index (χ4n) is 0.644. The molecule has 0 bridgehead atoms. The second-order valence-corrected chi connectivity index (χ2v) is 5.67. The Bertz CT molecular complexity index is 257. The van der Waals surface area contributed by atoms with E-state index in [9.17, 15) is 9.59 Å². The molecule has 0 saturated heterocycles. The number of carbonyl (C=O) groups excluding carboxylic acids is 2. The Balaban J connectivity index is 3.93. The Morgan fingerprint density at radius 2 is 1.44 bits per heavy atom. The molecule has 94 valence electrons. The molecule has 0 spiro atoms. The van der Waals surface area contributed by atoms with Crippen molar-refractivity contribution in [2.75, 3.05) is 6.61 Å². The smallest absolute Gasteiger partial charge is 0.433 e. The molecule has 0 radical (unpaired) electrons. The van der Waals surface area contributed by atoms with Gasteiger partial charge in [0.25, 0.3) is 0 Å². The first kappa shape index (κ1) is 14.7. The van der Waals surface area contributed by atoms with Crippen LogP contribution in [0.1, 0.15) is 41.5 Å². The van der Waals surface area contributed by atoms with Gasteiger partial charge in [-0.25, -0.2) is 9.59 Å². The average molecular weight is 232 g/mol. The third-order valence-electron chi connectivity index (χ3n) is 1.18. The standard InChI is InChI=1S/C11H20O5/c1-10(2,3)7-14-8(12)15-9(13)16-11(4,5)6/h7H2,1-6H3. The van der Waals surface area contributed by atoms with Crippen LogP contribution in [-0.2, 0) is 14.2 Å². The molecule has 5 heteroatoms. The van der Waals surface area contributed by atoms with Crippen LogP contribution in [-0.4, -0.2) is 24.5 Å². The average Bonchev–Trinajstić information content (AvgIpc) is 1.95. The van der Waals surface area contributed by atoms with E-state index in [1.807, 2.05) is 20.8 Å². The lowest BCUT2D eigenvalue weighted by atomic mass is 9.99. The predicted octanol–water partition coefficient (Wildman–Crippen LogP) is 3.12. The Morgan fingerprint density at radius 3 is 1.81 bits per heavy atom. The fourth-order valence-corrected chi connectivity index (χ4v) is 0.644. The van der Waals surface area contributed by atoms with Crippen molar-refractivity contribution >= 4 is 12.3 Å². The van der Waals surface area contributed by atoms with Crippen LogP contribution in [0.25, 0.3) is 0 Å². The molecule has 0 atom stereocenters. The van der Waals surface area contributed by atoms with E-state index in [1.54, 1.807) is 20.8 Å². The van der Waals surface area contributed by atoms with E-state index < -0.39 is 17.9 Å². The first-order valence-electron chi connectivity index (χ1n) is 5.07. The normalized spacial score (nSPS) is 11.9. The van der Waals surface area contributed by atoms with Crippen molar-refractivity contribution in [3.63, 3.8) is 0 Å². The number of hydrogen-bond acceptors (Lipinski definition) is 5. The monoisotopic (exact) mass is 232 g/mol. The molecule has 0 aromatic rings. The molecular formula is C11H20O5. The SMILES string of the molecule is CC(C)(C)COC(=O)OC(=O)OC(C)(C)C. The lowest BCUT2D eigenvalue weighted by Crippen LogP contribution is -2.27. The van der Waals surface area contributed by atoms with E-state index in [4.69, 9.17) is 9.47 Å². The minimum absolute atomic E-state index is 0.174. The van der Waals surface area contributed by atoms with Gasteiger partial charge >= 0.3 is 12.3 Å². The molecule has 0 aromatic heterocycles. The molecular weight excluding hydrogens is 212 g/mol. The maximum atomic E-state index is 11.0. The van der Waals surface area contributed by atoms with Gasteiger partial charge in [0.15, 0.2) is 0 Å². The van der Waals surface area contributed by atoms with Crippen LogP contribution in [0.2, 0.25) is 0 Å². The topological polar surface area (TPSA) is 61.8 Å². The maximum Gasteiger partial charge on any atom is 0.519 e. The van der Waals surface area contributed by atoms with Gasteiger partial charge in [-0.3, -0.25) is 0 Å². The van der Waals surface area contributed by atoms with E-state index >= 15 is 0 Å². The van der Waals surface area contributed by atoms with Crippen LogP contribution < -0.4 is 0 Å². The highest BCUT2D eigenvalue weighted by Gasteiger charge is 2.22. The molecule has 0 N–H and O–H groups in total. The van der Waals surface area contributed by atoms with Gasteiger partial charge in [-0.1, -0.05) is 20.8 Å². The van der Waals surface area contributed by atoms with Crippen molar-refractivity contribution in [1.29, 1.82) is 0 Å². The molecule has 0 aliphatic rings. The highest BCUT2D eigenvalue weighted by molar-refractivity contribution is 5.77. The largest absolute Gasteiger partial charge is 0.519 e. The molecule has 0 aromatic carbocycles. The molecule has 0 unspecified atom stereocenters. The van der Waals surface area contributed by atoms with Crippen molar-refractivity contribution in [3.05, 3.63) is 0 Å². The van der Waals surface area contributed by atoms with Gasteiger partial charge in [-0.15, -0.1) is 0 Å². The molecule has 0 rings (SSSR count). The second-order valence-electron chi connectivity index (χ2n) is 5.67. The summed E-state index contributed by atoms with van der Waals surface area (Å²) in [5.41, 5.74) is -0.867. The zero-order chi connectivity index (χ0) is 13.0. The van der Waals surface area contributed by atoms with Gasteiger partial charge in [-0.05, 0) is 26.2 Å². The summed E-state index contributed by atoms with van der Waals surface area (Å²) in [6, 6.07) is 0. The molecule has 0 aliphatic heterocycles. The highest BCUT2D eigenvalue weighted by atomic mass is 16.8. The summed E-state index contributed by atoms with van der Waals surface area (Å²) in [5, 5.41) is 0. The summed E-state index contributed by atoms with van der Waals surface area (Å²) < 4.78 is 13.8. The summed E-state index contributed by atoms with van der Waals surface area (Å²) >= 11 is 0. The molecule has 0 aliphatic carbocycles. The van der Waals surface area contributed by atoms with Crippen molar-refractivity contribution in [1.82, 2.24) is 0 Å². The van der Waals surface area contributed by atoms with Crippen LogP contribution in [0.5, 0.6) is 0 Å². The summed E-state index contributed by atoms with van der Waals surface area (Å²) in [6.45, 7) is 10.9. The van der Waals surface area contributed by atoms with E-state index in [1.165, 1.54) is 0 Å². The zero-order valence-corrected chi connectivity index (χ0v) is 10.7. The van der Waals surface area contributed by atoms with Gasteiger partial charge in [0, 0.05) is 0 Å².